The van der Waals surface area contributed by atoms with Gasteiger partial charge in [-0.25, -0.2) is 0 Å². The fourth-order valence-corrected chi connectivity index (χ4v) is 3.01. The number of amides is 1. The first-order chi connectivity index (χ1) is 11.4. The second-order valence-electron chi connectivity index (χ2n) is 7.98. The molecule has 0 atom stereocenters. The molecule has 1 aromatic carbocycles. The van der Waals surface area contributed by atoms with E-state index in [9.17, 15) is 14.9 Å². The van der Waals surface area contributed by atoms with Gasteiger partial charge >= 0.3 is 0 Å². The zero-order valence-corrected chi connectivity index (χ0v) is 15.9. The third-order valence-corrected chi connectivity index (χ3v) is 3.50. The van der Waals surface area contributed by atoms with Gasteiger partial charge in [-0.15, -0.1) is 0 Å². The van der Waals surface area contributed by atoms with E-state index in [4.69, 9.17) is 4.74 Å². The quantitative estimate of drug-likeness (QED) is 0.424. The number of carbonyl (C=O) groups excluding carboxylic acids is 1. The Morgan fingerprint density at radius 3 is 2.40 bits per heavy atom. The summed E-state index contributed by atoms with van der Waals surface area (Å²) in [6.07, 6.45) is 0.782. The van der Waals surface area contributed by atoms with Crippen LogP contribution in [0.3, 0.4) is 0 Å². The molecule has 0 spiro atoms. The number of nitro groups is 1. The average Bonchev–Trinajstić information content (AvgIpc) is 2.44. The Kier molecular flexibility index (Phi) is 6.93. The molecule has 0 aromatic heterocycles. The van der Waals surface area contributed by atoms with Gasteiger partial charge in [0.1, 0.15) is 5.69 Å². The third-order valence-electron chi connectivity index (χ3n) is 3.50. The summed E-state index contributed by atoms with van der Waals surface area (Å²) in [5.74, 6) is -0.319. The predicted molar refractivity (Wildman–Crippen MR) is 99.1 cm³/mol. The average molecular weight is 351 g/mol. The lowest BCUT2D eigenvalue weighted by Gasteiger charge is -2.33. The topological polar surface area (TPSA) is 93.5 Å². The van der Waals surface area contributed by atoms with Gasteiger partial charge in [0.05, 0.1) is 11.5 Å². The number of nitrogens with one attached hydrogen (secondary N) is 2. The number of methoxy groups -OCH3 is 1. The van der Waals surface area contributed by atoms with Crippen LogP contribution in [0.25, 0.3) is 0 Å². The van der Waals surface area contributed by atoms with E-state index in [2.05, 4.69) is 31.4 Å². The standard InChI is InChI=1S/C18H29N3O4/c1-17(2,3)12-18(4,5)20-16(22)13-7-8-14(19-9-10-25-6)15(11-13)21(23)24/h7-8,11,19H,9-10,12H2,1-6H3,(H,20,22). The van der Waals surface area contributed by atoms with E-state index in [-0.39, 0.29) is 22.6 Å². The maximum absolute atomic E-state index is 12.5. The first-order valence-corrected chi connectivity index (χ1v) is 8.29. The van der Waals surface area contributed by atoms with Crippen molar-refractivity contribution < 1.29 is 14.5 Å². The van der Waals surface area contributed by atoms with Crippen LogP contribution in [0, 0.1) is 15.5 Å². The van der Waals surface area contributed by atoms with Gasteiger partial charge in [0.2, 0.25) is 0 Å². The minimum Gasteiger partial charge on any atom is -0.383 e. The minimum absolute atomic E-state index is 0.0535. The molecule has 0 aliphatic heterocycles. The Bertz CT molecular complexity index is 621. The molecule has 1 amide bonds. The fraction of sp³-hybridized carbons (Fsp3) is 0.611. The van der Waals surface area contributed by atoms with Gasteiger partial charge < -0.3 is 15.4 Å². The highest BCUT2D eigenvalue weighted by Crippen LogP contribution is 2.28. The Hall–Kier alpha value is -2.15. The summed E-state index contributed by atoms with van der Waals surface area (Å²) in [5.41, 5.74) is 0.146. The third kappa shape index (κ3) is 7.09. The minimum atomic E-state index is -0.494. The van der Waals surface area contributed by atoms with Crippen molar-refractivity contribution in [1.29, 1.82) is 0 Å². The molecule has 7 nitrogen and oxygen atoms in total. The van der Waals surface area contributed by atoms with Crippen LogP contribution < -0.4 is 10.6 Å². The molecule has 140 valence electrons. The van der Waals surface area contributed by atoms with Crippen LogP contribution >= 0.6 is 0 Å². The van der Waals surface area contributed by atoms with Crippen molar-refractivity contribution in [3.63, 3.8) is 0 Å². The number of carbonyl (C=O) groups is 1. The molecule has 0 aliphatic rings. The molecule has 25 heavy (non-hydrogen) atoms. The van der Waals surface area contributed by atoms with Crippen molar-refractivity contribution in [3.05, 3.63) is 33.9 Å². The maximum Gasteiger partial charge on any atom is 0.293 e. The Morgan fingerprint density at radius 2 is 1.88 bits per heavy atom. The lowest BCUT2D eigenvalue weighted by molar-refractivity contribution is -0.384. The van der Waals surface area contributed by atoms with Crippen molar-refractivity contribution in [2.24, 2.45) is 5.41 Å². The number of benzene rings is 1. The number of ether oxygens (including phenoxy) is 1. The van der Waals surface area contributed by atoms with Crippen molar-refractivity contribution in [1.82, 2.24) is 5.32 Å². The summed E-state index contributed by atoms with van der Waals surface area (Å²) in [5, 5.41) is 17.2. The van der Waals surface area contributed by atoms with Crippen molar-refractivity contribution in [2.45, 2.75) is 46.6 Å². The van der Waals surface area contributed by atoms with Crippen LogP contribution in [0.5, 0.6) is 0 Å². The van der Waals surface area contributed by atoms with Gasteiger partial charge in [-0.2, -0.15) is 0 Å². The number of anilines is 1. The molecule has 0 saturated carbocycles. The van der Waals surface area contributed by atoms with Gasteiger partial charge in [-0.3, -0.25) is 14.9 Å². The summed E-state index contributed by atoms with van der Waals surface area (Å²) in [7, 11) is 1.56. The Labute approximate surface area is 149 Å². The molecule has 0 radical (unpaired) electrons. The van der Waals surface area contributed by atoms with Crippen LogP contribution in [0.4, 0.5) is 11.4 Å². The second kappa shape index (κ2) is 8.29. The monoisotopic (exact) mass is 351 g/mol. The molecule has 0 heterocycles. The lowest BCUT2D eigenvalue weighted by Crippen LogP contribution is -2.45. The van der Waals surface area contributed by atoms with Gasteiger partial charge in [-0.1, -0.05) is 20.8 Å². The molecular weight excluding hydrogens is 322 g/mol. The van der Waals surface area contributed by atoms with E-state index in [0.717, 1.165) is 6.42 Å². The number of nitro benzene ring substituents is 1. The summed E-state index contributed by atoms with van der Waals surface area (Å²) in [4.78, 5) is 23.3. The van der Waals surface area contributed by atoms with E-state index in [1.54, 1.807) is 19.2 Å². The second-order valence-corrected chi connectivity index (χ2v) is 7.98. The smallest absolute Gasteiger partial charge is 0.293 e. The number of hydrogen-bond acceptors (Lipinski definition) is 5. The highest BCUT2D eigenvalue weighted by atomic mass is 16.6. The molecule has 2 N–H and O–H groups in total. The van der Waals surface area contributed by atoms with Crippen molar-refractivity contribution in [3.8, 4) is 0 Å². The molecule has 0 fully saturated rings. The van der Waals surface area contributed by atoms with E-state index >= 15 is 0 Å². The van der Waals surface area contributed by atoms with E-state index in [0.29, 0.717) is 18.8 Å². The van der Waals surface area contributed by atoms with Gasteiger partial charge in [0.25, 0.3) is 11.6 Å². The summed E-state index contributed by atoms with van der Waals surface area (Å²) in [6, 6.07) is 4.45. The first kappa shape index (κ1) is 20.9. The van der Waals surface area contributed by atoms with Crippen molar-refractivity contribution >= 4 is 17.3 Å². The largest absolute Gasteiger partial charge is 0.383 e. The first-order valence-electron chi connectivity index (χ1n) is 8.29. The van der Waals surface area contributed by atoms with Crippen molar-refractivity contribution in [2.75, 3.05) is 25.6 Å². The number of hydrogen-bond donors (Lipinski definition) is 2. The lowest BCUT2D eigenvalue weighted by atomic mass is 9.81. The van der Waals surface area contributed by atoms with Crippen LogP contribution in [-0.4, -0.2) is 36.6 Å². The summed E-state index contributed by atoms with van der Waals surface area (Å²) < 4.78 is 4.92. The fourth-order valence-electron chi connectivity index (χ4n) is 3.01. The van der Waals surface area contributed by atoms with Crippen LogP contribution in [0.15, 0.2) is 18.2 Å². The molecule has 0 unspecified atom stereocenters. The SMILES string of the molecule is COCCNc1ccc(C(=O)NC(C)(C)CC(C)(C)C)cc1[N+](=O)[O-]. The highest BCUT2D eigenvalue weighted by molar-refractivity contribution is 5.96. The summed E-state index contributed by atoms with van der Waals surface area (Å²) in [6.45, 7) is 11.1. The number of nitrogens with zero attached hydrogens (tertiary/aromatic N) is 1. The Balaban J connectivity index is 2.96. The van der Waals surface area contributed by atoms with Gasteiger partial charge in [0.15, 0.2) is 0 Å². The van der Waals surface area contributed by atoms with Gasteiger partial charge in [-0.05, 0) is 37.8 Å². The molecule has 0 bridgehead atoms. The molecule has 0 saturated heterocycles. The van der Waals surface area contributed by atoms with E-state index in [1.807, 2.05) is 13.8 Å². The molecule has 1 rings (SSSR count). The van der Waals surface area contributed by atoms with Gasteiger partial charge in [0, 0.05) is 30.8 Å². The molecule has 7 heteroatoms. The summed E-state index contributed by atoms with van der Waals surface area (Å²) >= 11 is 0. The zero-order chi connectivity index (χ0) is 19.3. The normalized spacial score (nSPS) is 11.9. The molecule has 1 aromatic rings. The maximum atomic E-state index is 12.5. The van der Waals surface area contributed by atoms with Crippen LogP contribution in [0.2, 0.25) is 0 Å². The van der Waals surface area contributed by atoms with Crippen LogP contribution in [-0.2, 0) is 4.74 Å². The zero-order valence-electron chi connectivity index (χ0n) is 15.9. The van der Waals surface area contributed by atoms with E-state index in [1.165, 1.54) is 6.07 Å². The van der Waals surface area contributed by atoms with Crippen LogP contribution in [0.1, 0.15) is 51.4 Å². The molecule has 0 aliphatic carbocycles. The highest BCUT2D eigenvalue weighted by Gasteiger charge is 2.28. The Morgan fingerprint density at radius 1 is 1.24 bits per heavy atom. The predicted octanol–water partition coefficient (Wildman–Crippen LogP) is 3.60. The van der Waals surface area contributed by atoms with E-state index < -0.39 is 10.5 Å². The molecular formula is C18H29N3O4. The number of rotatable bonds is 8.